The fraction of sp³-hybridized carbons (Fsp3) is 0.100. The molecule has 20 heavy (non-hydrogen) atoms. The summed E-state index contributed by atoms with van der Waals surface area (Å²) in [5.74, 6) is 0. The zero-order chi connectivity index (χ0) is 13.2. The standard InChI is InChI=1S/C20H14/c1-2-12-20-13-11-15-5-3-4-14-7-8-16(19(20)18(14)15)9-10-17(20)6-1/h1-8,10-13H,9H2. The first-order valence-corrected chi connectivity index (χ1v) is 7.19. The summed E-state index contributed by atoms with van der Waals surface area (Å²) in [5.41, 5.74) is 5.72. The van der Waals surface area contributed by atoms with Crippen molar-refractivity contribution in [1.29, 1.82) is 0 Å². The lowest BCUT2D eigenvalue weighted by Crippen LogP contribution is -2.30. The largest absolute Gasteiger partial charge is 0.0754 e. The van der Waals surface area contributed by atoms with Crippen LogP contribution >= 0.6 is 0 Å². The van der Waals surface area contributed by atoms with E-state index in [9.17, 15) is 0 Å². The molecule has 1 unspecified atom stereocenters. The van der Waals surface area contributed by atoms with E-state index in [0.29, 0.717) is 0 Å². The van der Waals surface area contributed by atoms with Crippen LogP contribution in [0.3, 0.4) is 0 Å². The number of allylic oxidation sites excluding steroid dienone is 7. The van der Waals surface area contributed by atoms with E-state index in [1.54, 1.807) is 0 Å². The van der Waals surface area contributed by atoms with Gasteiger partial charge < -0.3 is 0 Å². The average Bonchev–Trinajstić information content (AvgIpc) is 2.52. The molecule has 0 bridgehead atoms. The van der Waals surface area contributed by atoms with Crippen LogP contribution in [0.2, 0.25) is 0 Å². The molecule has 0 aliphatic heterocycles. The highest BCUT2D eigenvalue weighted by Gasteiger charge is 2.38. The molecule has 0 heterocycles. The Morgan fingerprint density at radius 3 is 2.90 bits per heavy atom. The van der Waals surface area contributed by atoms with E-state index in [1.807, 2.05) is 0 Å². The Hall–Kier alpha value is -2.34. The van der Waals surface area contributed by atoms with Crippen LogP contribution in [0.15, 0.2) is 72.4 Å². The van der Waals surface area contributed by atoms with Crippen molar-refractivity contribution in [3.8, 4) is 0 Å². The number of rotatable bonds is 0. The SMILES string of the molecule is C1=CC2=CCc3ccc4cccc5c4c3C2(C=C1)C=C5. The third kappa shape index (κ3) is 1.09. The van der Waals surface area contributed by atoms with Crippen molar-refractivity contribution in [1.82, 2.24) is 0 Å². The zero-order valence-corrected chi connectivity index (χ0v) is 11.1. The second-order valence-corrected chi connectivity index (χ2v) is 5.83. The zero-order valence-electron chi connectivity index (χ0n) is 11.1. The van der Waals surface area contributed by atoms with Gasteiger partial charge in [-0.25, -0.2) is 0 Å². The molecule has 0 nitrogen and oxygen atoms in total. The summed E-state index contributed by atoms with van der Waals surface area (Å²) in [6, 6.07) is 11.2. The first-order valence-electron chi connectivity index (χ1n) is 7.19. The topological polar surface area (TPSA) is 0 Å². The van der Waals surface area contributed by atoms with Gasteiger partial charge in [-0.3, -0.25) is 0 Å². The van der Waals surface area contributed by atoms with Crippen LogP contribution in [0.25, 0.3) is 16.8 Å². The predicted octanol–water partition coefficient (Wildman–Crippen LogP) is 4.71. The fourth-order valence-electron chi connectivity index (χ4n) is 3.97. The average molecular weight is 254 g/mol. The van der Waals surface area contributed by atoms with Crippen LogP contribution in [0.1, 0.15) is 16.7 Å². The maximum absolute atomic E-state index is 2.38. The van der Waals surface area contributed by atoms with Gasteiger partial charge in [-0.05, 0) is 39.5 Å². The van der Waals surface area contributed by atoms with Crippen molar-refractivity contribution in [3.05, 3.63) is 89.1 Å². The van der Waals surface area contributed by atoms with Crippen molar-refractivity contribution in [2.75, 3.05) is 0 Å². The predicted molar refractivity (Wildman–Crippen MR) is 84.7 cm³/mol. The fourth-order valence-corrected chi connectivity index (χ4v) is 3.97. The quantitative estimate of drug-likeness (QED) is 0.638. The van der Waals surface area contributed by atoms with Crippen molar-refractivity contribution >= 4 is 16.8 Å². The number of hydrogen-bond donors (Lipinski definition) is 0. The Morgan fingerprint density at radius 2 is 1.90 bits per heavy atom. The molecule has 0 saturated carbocycles. The van der Waals surface area contributed by atoms with Gasteiger partial charge in [-0.2, -0.15) is 0 Å². The molecule has 3 aliphatic carbocycles. The summed E-state index contributed by atoms with van der Waals surface area (Å²) in [7, 11) is 0. The third-order valence-corrected chi connectivity index (χ3v) is 4.87. The van der Waals surface area contributed by atoms with Gasteiger partial charge in [0, 0.05) is 0 Å². The maximum atomic E-state index is 2.38. The molecule has 2 aromatic rings. The van der Waals surface area contributed by atoms with E-state index < -0.39 is 0 Å². The first-order chi connectivity index (χ1) is 9.88. The van der Waals surface area contributed by atoms with Gasteiger partial charge in [0.25, 0.3) is 0 Å². The van der Waals surface area contributed by atoms with E-state index in [2.05, 4.69) is 72.9 Å². The summed E-state index contributed by atoms with van der Waals surface area (Å²) in [5, 5.41) is 2.80. The van der Waals surface area contributed by atoms with Gasteiger partial charge >= 0.3 is 0 Å². The molecule has 0 radical (unpaired) electrons. The van der Waals surface area contributed by atoms with Crippen molar-refractivity contribution < 1.29 is 0 Å². The number of benzene rings is 2. The minimum Gasteiger partial charge on any atom is -0.0754 e. The van der Waals surface area contributed by atoms with Gasteiger partial charge in [-0.15, -0.1) is 0 Å². The second-order valence-electron chi connectivity index (χ2n) is 5.83. The minimum absolute atomic E-state index is 0.0316. The van der Waals surface area contributed by atoms with Gasteiger partial charge in [-0.1, -0.05) is 72.9 Å². The van der Waals surface area contributed by atoms with Crippen LogP contribution in [0.4, 0.5) is 0 Å². The van der Waals surface area contributed by atoms with Crippen LogP contribution in [-0.2, 0) is 11.8 Å². The van der Waals surface area contributed by atoms with Crippen LogP contribution in [0, 0.1) is 0 Å². The van der Waals surface area contributed by atoms with Gasteiger partial charge in [0.2, 0.25) is 0 Å². The van der Waals surface area contributed by atoms with Crippen LogP contribution in [-0.4, -0.2) is 0 Å². The lowest BCUT2D eigenvalue weighted by Gasteiger charge is -2.39. The Kier molecular flexibility index (Phi) is 1.78. The molecular formula is C20H14. The highest BCUT2D eigenvalue weighted by atomic mass is 14.4. The summed E-state index contributed by atoms with van der Waals surface area (Å²) < 4.78 is 0. The summed E-state index contributed by atoms with van der Waals surface area (Å²) in [6.45, 7) is 0. The van der Waals surface area contributed by atoms with E-state index in [0.717, 1.165) is 6.42 Å². The first kappa shape index (κ1) is 10.4. The van der Waals surface area contributed by atoms with Crippen molar-refractivity contribution in [3.63, 3.8) is 0 Å². The molecule has 1 spiro atoms. The van der Waals surface area contributed by atoms with Crippen LogP contribution in [0.5, 0.6) is 0 Å². The number of hydrogen-bond acceptors (Lipinski definition) is 0. The molecule has 1 atom stereocenters. The lowest BCUT2D eigenvalue weighted by molar-refractivity contribution is 0.777. The third-order valence-electron chi connectivity index (χ3n) is 4.87. The minimum atomic E-state index is -0.0316. The molecular weight excluding hydrogens is 240 g/mol. The van der Waals surface area contributed by atoms with Crippen LogP contribution < -0.4 is 0 Å². The summed E-state index contributed by atoms with van der Waals surface area (Å²) in [4.78, 5) is 0. The summed E-state index contributed by atoms with van der Waals surface area (Å²) >= 11 is 0. The highest BCUT2D eigenvalue weighted by molar-refractivity contribution is 5.99. The molecule has 2 aromatic carbocycles. The maximum Gasteiger partial charge on any atom is 0.0575 e. The molecule has 3 aliphatic rings. The molecule has 0 fully saturated rings. The second kappa shape index (κ2) is 3.40. The molecule has 0 amide bonds. The Labute approximate surface area is 118 Å². The Bertz CT molecular complexity index is 874. The smallest absolute Gasteiger partial charge is 0.0575 e. The highest BCUT2D eigenvalue weighted by Crippen LogP contribution is 2.49. The van der Waals surface area contributed by atoms with Crippen molar-refractivity contribution in [2.24, 2.45) is 0 Å². The lowest BCUT2D eigenvalue weighted by atomic mass is 9.63. The van der Waals surface area contributed by atoms with Gasteiger partial charge in [0.15, 0.2) is 0 Å². The van der Waals surface area contributed by atoms with E-state index in [1.165, 1.54) is 33.0 Å². The normalized spacial score (nSPS) is 24.7. The molecule has 94 valence electrons. The molecule has 5 rings (SSSR count). The molecule has 0 heteroatoms. The van der Waals surface area contributed by atoms with E-state index >= 15 is 0 Å². The van der Waals surface area contributed by atoms with Gasteiger partial charge in [0.05, 0.1) is 5.41 Å². The molecule has 0 aromatic heterocycles. The Morgan fingerprint density at radius 1 is 0.900 bits per heavy atom. The summed E-state index contributed by atoms with van der Waals surface area (Å²) in [6.07, 6.45) is 17.0. The van der Waals surface area contributed by atoms with E-state index in [-0.39, 0.29) is 5.41 Å². The van der Waals surface area contributed by atoms with Crippen molar-refractivity contribution in [2.45, 2.75) is 11.8 Å². The molecule has 0 saturated heterocycles. The monoisotopic (exact) mass is 254 g/mol. The Balaban J connectivity index is 2.01. The van der Waals surface area contributed by atoms with E-state index in [4.69, 9.17) is 0 Å². The van der Waals surface area contributed by atoms with Gasteiger partial charge in [0.1, 0.15) is 0 Å². The molecule has 0 N–H and O–H groups in total.